The predicted octanol–water partition coefficient (Wildman–Crippen LogP) is 6.40. The van der Waals surface area contributed by atoms with Crippen molar-refractivity contribution in [3.63, 3.8) is 0 Å². The Bertz CT molecular complexity index is 1060. The van der Waals surface area contributed by atoms with Crippen molar-refractivity contribution >= 4 is 40.5 Å². The summed E-state index contributed by atoms with van der Waals surface area (Å²) in [5.74, 6) is 1.25. The summed E-state index contributed by atoms with van der Waals surface area (Å²) in [4.78, 5) is 8.13. The third kappa shape index (κ3) is 3.77. The van der Waals surface area contributed by atoms with E-state index in [1.54, 1.807) is 23.1 Å². The Balaban J connectivity index is 1.69. The summed E-state index contributed by atoms with van der Waals surface area (Å²) in [6, 6.07) is 12.5. The molecule has 3 aromatic rings. The lowest BCUT2D eigenvalue weighted by atomic mass is 9.89. The lowest BCUT2D eigenvalue weighted by Crippen LogP contribution is -2.11. The van der Waals surface area contributed by atoms with E-state index in [0.717, 1.165) is 52.6 Å². The van der Waals surface area contributed by atoms with Crippen LogP contribution in [0, 0.1) is 18.3 Å². The van der Waals surface area contributed by atoms with Crippen LogP contribution < -0.4 is 5.73 Å². The number of hydrogen-bond donors (Lipinski definition) is 1. The van der Waals surface area contributed by atoms with Gasteiger partial charge < -0.3 is 5.73 Å². The van der Waals surface area contributed by atoms with Gasteiger partial charge in [-0.15, -0.1) is 23.1 Å². The van der Waals surface area contributed by atoms with Crippen molar-refractivity contribution in [3.05, 3.63) is 62.6 Å². The van der Waals surface area contributed by atoms with Crippen LogP contribution in [0.15, 0.2) is 35.2 Å². The topological polar surface area (TPSA) is 62.7 Å². The number of aromatic nitrogens is 1. The third-order valence-electron chi connectivity index (χ3n) is 5.09. The molecule has 0 spiro atoms. The van der Waals surface area contributed by atoms with E-state index in [0.29, 0.717) is 11.4 Å². The van der Waals surface area contributed by atoms with Gasteiger partial charge in [0.1, 0.15) is 17.5 Å². The number of aryl methyl sites for hydroxylation is 2. The molecule has 6 heteroatoms. The summed E-state index contributed by atoms with van der Waals surface area (Å²) in [5.41, 5.74) is 11.3. The van der Waals surface area contributed by atoms with E-state index in [-0.39, 0.29) is 0 Å². The van der Waals surface area contributed by atoms with Crippen LogP contribution in [0.25, 0.3) is 10.4 Å². The highest BCUT2D eigenvalue weighted by Crippen LogP contribution is 2.41. The number of nitriles is 1. The Kier molecular flexibility index (Phi) is 5.63. The van der Waals surface area contributed by atoms with Gasteiger partial charge in [-0.2, -0.15) is 5.26 Å². The van der Waals surface area contributed by atoms with Gasteiger partial charge in [0, 0.05) is 36.7 Å². The molecule has 2 aromatic heterocycles. The third-order valence-corrected chi connectivity index (χ3v) is 7.51. The molecule has 0 aliphatic heterocycles. The lowest BCUT2D eigenvalue weighted by Gasteiger charge is -2.20. The smallest absolute Gasteiger partial charge is 0.142 e. The molecule has 0 radical (unpaired) electrons. The van der Waals surface area contributed by atoms with Gasteiger partial charge in [0.2, 0.25) is 0 Å². The Morgan fingerprint density at radius 3 is 2.75 bits per heavy atom. The van der Waals surface area contributed by atoms with Crippen LogP contribution in [0.3, 0.4) is 0 Å². The van der Waals surface area contributed by atoms with Crippen LogP contribution in [-0.4, -0.2) is 4.98 Å². The summed E-state index contributed by atoms with van der Waals surface area (Å²) in [7, 11) is 0. The van der Waals surface area contributed by atoms with Crippen molar-refractivity contribution in [1.82, 2.24) is 4.98 Å². The van der Waals surface area contributed by atoms with Crippen molar-refractivity contribution in [2.75, 3.05) is 5.73 Å². The first kappa shape index (κ1) is 19.3. The van der Waals surface area contributed by atoms with Gasteiger partial charge in [-0.1, -0.05) is 11.6 Å². The minimum Gasteiger partial charge on any atom is -0.383 e. The van der Waals surface area contributed by atoms with E-state index in [1.165, 1.54) is 20.9 Å². The molecule has 0 saturated heterocycles. The minimum atomic E-state index is 0.362. The van der Waals surface area contributed by atoms with Gasteiger partial charge in [-0.3, -0.25) is 0 Å². The first-order chi connectivity index (χ1) is 13.6. The second-order valence-corrected chi connectivity index (χ2v) is 9.67. The van der Waals surface area contributed by atoms with Crippen LogP contribution in [0.4, 0.5) is 5.82 Å². The summed E-state index contributed by atoms with van der Waals surface area (Å²) in [6.07, 6.45) is 4.19. The molecular formula is C22H20ClN3S2. The number of benzene rings is 1. The Labute approximate surface area is 178 Å². The van der Waals surface area contributed by atoms with Gasteiger partial charge in [0.15, 0.2) is 0 Å². The predicted molar refractivity (Wildman–Crippen MR) is 119 cm³/mol. The first-order valence-electron chi connectivity index (χ1n) is 9.26. The van der Waals surface area contributed by atoms with E-state index in [2.05, 4.69) is 24.0 Å². The van der Waals surface area contributed by atoms with Crippen LogP contribution in [0.1, 0.15) is 40.1 Å². The number of nitrogens with two attached hydrogens (primary N) is 1. The van der Waals surface area contributed by atoms with E-state index >= 15 is 0 Å². The standard InChI is InChI=1S/C22H20ClN3S2/c1-13-14(12-27-16-8-6-15(23)7-9-16)10-20(28-13)21-17-4-2-3-5-19(17)26-22(25)18(21)11-24/h6-10H,2-5,12H2,1H3,(H2,25,26). The molecule has 0 fully saturated rings. The SMILES string of the molecule is Cc1sc(-c2c(C#N)c(N)nc3c2CCCC3)cc1CSc1ccc(Cl)cc1. The van der Waals surface area contributed by atoms with Gasteiger partial charge in [-0.25, -0.2) is 4.98 Å². The highest BCUT2D eigenvalue weighted by molar-refractivity contribution is 7.98. The van der Waals surface area contributed by atoms with Crippen LogP contribution in [-0.2, 0) is 18.6 Å². The normalized spacial score (nSPS) is 13.2. The largest absolute Gasteiger partial charge is 0.383 e. The number of anilines is 1. The van der Waals surface area contributed by atoms with E-state index in [9.17, 15) is 5.26 Å². The molecule has 2 N–H and O–H groups in total. The number of pyridine rings is 1. The molecule has 1 aliphatic carbocycles. The second-order valence-electron chi connectivity index (χ2n) is 6.93. The molecule has 0 unspecified atom stereocenters. The first-order valence-corrected chi connectivity index (χ1v) is 11.4. The highest BCUT2D eigenvalue weighted by Gasteiger charge is 2.23. The zero-order chi connectivity index (χ0) is 19.7. The molecule has 2 heterocycles. The fourth-order valence-electron chi connectivity index (χ4n) is 3.63. The molecule has 0 saturated carbocycles. The molecule has 0 amide bonds. The molecule has 1 aliphatic rings. The van der Waals surface area contributed by atoms with Crippen molar-refractivity contribution < 1.29 is 0 Å². The van der Waals surface area contributed by atoms with Crippen molar-refractivity contribution in [1.29, 1.82) is 5.26 Å². The zero-order valence-corrected chi connectivity index (χ0v) is 18.0. The van der Waals surface area contributed by atoms with Gasteiger partial charge in [-0.05, 0) is 74.1 Å². The average Bonchev–Trinajstić information content (AvgIpc) is 3.06. The lowest BCUT2D eigenvalue weighted by molar-refractivity contribution is 0.670. The van der Waals surface area contributed by atoms with Crippen molar-refractivity contribution in [2.45, 2.75) is 43.3 Å². The summed E-state index contributed by atoms with van der Waals surface area (Å²) in [6.45, 7) is 2.15. The summed E-state index contributed by atoms with van der Waals surface area (Å²) in [5, 5.41) is 10.5. The number of nitrogen functional groups attached to an aromatic ring is 1. The molecule has 0 atom stereocenters. The maximum absolute atomic E-state index is 9.73. The molecule has 142 valence electrons. The number of nitrogens with zero attached hydrogens (tertiary/aromatic N) is 2. The molecule has 4 rings (SSSR count). The van der Waals surface area contributed by atoms with Crippen molar-refractivity contribution in [3.8, 4) is 16.5 Å². The number of halogens is 1. The molecule has 1 aromatic carbocycles. The fourth-order valence-corrected chi connectivity index (χ4v) is 5.91. The van der Waals surface area contributed by atoms with Crippen LogP contribution >= 0.6 is 34.7 Å². The Morgan fingerprint density at radius 1 is 1.25 bits per heavy atom. The van der Waals surface area contributed by atoms with Gasteiger partial charge in [0.05, 0.1) is 0 Å². The Morgan fingerprint density at radius 2 is 2.00 bits per heavy atom. The second kappa shape index (κ2) is 8.16. The number of rotatable bonds is 4. The Hall–Kier alpha value is -2.00. The maximum atomic E-state index is 9.73. The fraction of sp³-hybridized carbons (Fsp3) is 0.273. The van der Waals surface area contributed by atoms with Crippen LogP contribution in [0.2, 0.25) is 5.02 Å². The number of hydrogen-bond acceptors (Lipinski definition) is 5. The van der Waals surface area contributed by atoms with Gasteiger partial charge in [0.25, 0.3) is 0 Å². The molecule has 0 bridgehead atoms. The maximum Gasteiger partial charge on any atom is 0.142 e. The quantitative estimate of drug-likeness (QED) is 0.491. The highest BCUT2D eigenvalue weighted by atomic mass is 35.5. The molecule has 28 heavy (non-hydrogen) atoms. The zero-order valence-electron chi connectivity index (χ0n) is 15.6. The summed E-state index contributed by atoms with van der Waals surface area (Å²) >= 11 is 9.52. The number of thioether (sulfide) groups is 1. The monoisotopic (exact) mass is 425 g/mol. The molecule has 3 nitrogen and oxygen atoms in total. The number of thiophene rings is 1. The van der Waals surface area contributed by atoms with Crippen molar-refractivity contribution in [2.24, 2.45) is 0 Å². The van der Waals surface area contributed by atoms with Gasteiger partial charge >= 0.3 is 0 Å². The molecular weight excluding hydrogens is 406 g/mol. The minimum absolute atomic E-state index is 0.362. The average molecular weight is 426 g/mol. The van der Waals surface area contributed by atoms with E-state index in [1.807, 2.05) is 24.3 Å². The van der Waals surface area contributed by atoms with E-state index < -0.39 is 0 Å². The van der Waals surface area contributed by atoms with Crippen LogP contribution in [0.5, 0.6) is 0 Å². The summed E-state index contributed by atoms with van der Waals surface area (Å²) < 4.78 is 0. The number of fused-ring (bicyclic) bond motifs is 1. The van der Waals surface area contributed by atoms with E-state index in [4.69, 9.17) is 17.3 Å².